The molecular formula is C15H20FNO4. The van der Waals surface area contributed by atoms with Crippen LogP contribution in [0.5, 0.6) is 5.75 Å². The average molecular weight is 297 g/mol. The van der Waals surface area contributed by atoms with Crippen LogP contribution in [0.2, 0.25) is 0 Å². The third-order valence-electron chi connectivity index (χ3n) is 3.05. The summed E-state index contributed by atoms with van der Waals surface area (Å²) in [5.41, 5.74) is 0.128. The molecule has 0 aliphatic heterocycles. The molecule has 0 fully saturated rings. The fourth-order valence-corrected chi connectivity index (χ4v) is 1.91. The molecule has 0 aliphatic rings. The van der Waals surface area contributed by atoms with Crippen LogP contribution in [0.15, 0.2) is 18.2 Å². The Morgan fingerprint density at radius 3 is 2.67 bits per heavy atom. The van der Waals surface area contributed by atoms with E-state index in [4.69, 9.17) is 9.84 Å². The number of ether oxygens (including phenoxy) is 1. The summed E-state index contributed by atoms with van der Waals surface area (Å²) in [6.45, 7) is 2.54. The summed E-state index contributed by atoms with van der Waals surface area (Å²) in [4.78, 5) is 23.2. The Kier molecular flexibility index (Phi) is 6.81. The van der Waals surface area contributed by atoms with E-state index in [1.54, 1.807) is 0 Å². The van der Waals surface area contributed by atoms with E-state index in [9.17, 15) is 14.0 Å². The maximum Gasteiger partial charge on any atom is 0.305 e. The van der Waals surface area contributed by atoms with E-state index >= 15 is 0 Å². The molecule has 0 spiro atoms. The van der Waals surface area contributed by atoms with E-state index in [0.29, 0.717) is 6.54 Å². The average Bonchev–Trinajstić information content (AvgIpc) is 2.45. The van der Waals surface area contributed by atoms with Gasteiger partial charge in [-0.25, -0.2) is 4.39 Å². The molecule has 116 valence electrons. The van der Waals surface area contributed by atoms with Crippen LogP contribution in [-0.2, 0) is 4.79 Å². The summed E-state index contributed by atoms with van der Waals surface area (Å²) in [7, 11) is 1.33. The highest BCUT2D eigenvalue weighted by Crippen LogP contribution is 2.19. The second kappa shape index (κ2) is 8.36. The van der Waals surface area contributed by atoms with Crippen molar-refractivity contribution in [2.24, 2.45) is 0 Å². The van der Waals surface area contributed by atoms with E-state index in [0.717, 1.165) is 18.9 Å². The number of Topliss-reactive ketones (excluding diaryl/α,β-unsaturated/α-hetero) is 1. The van der Waals surface area contributed by atoms with E-state index in [2.05, 4.69) is 5.32 Å². The van der Waals surface area contributed by atoms with Crippen molar-refractivity contribution in [1.29, 1.82) is 0 Å². The molecule has 0 saturated heterocycles. The summed E-state index contributed by atoms with van der Waals surface area (Å²) < 4.78 is 18.4. The highest BCUT2D eigenvalue weighted by molar-refractivity contribution is 6.01. The van der Waals surface area contributed by atoms with Gasteiger partial charge in [-0.05, 0) is 31.2 Å². The summed E-state index contributed by atoms with van der Waals surface area (Å²) in [6, 6.07) is 2.99. The third-order valence-corrected chi connectivity index (χ3v) is 3.05. The lowest BCUT2D eigenvalue weighted by atomic mass is 10.0. The Balaban J connectivity index is 2.87. The highest BCUT2D eigenvalue weighted by atomic mass is 19.1. The number of benzene rings is 1. The molecular weight excluding hydrogens is 277 g/mol. The van der Waals surface area contributed by atoms with Crippen LogP contribution in [0.1, 0.15) is 36.5 Å². The molecule has 1 aromatic carbocycles. The van der Waals surface area contributed by atoms with Gasteiger partial charge >= 0.3 is 5.97 Å². The van der Waals surface area contributed by atoms with E-state index < -0.39 is 23.6 Å². The van der Waals surface area contributed by atoms with Crippen molar-refractivity contribution in [2.45, 2.75) is 32.2 Å². The number of carbonyl (C=O) groups excluding carboxylic acids is 1. The topological polar surface area (TPSA) is 75.6 Å². The molecule has 21 heavy (non-hydrogen) atoms. The molecule has 2 N–H and O–H groups in total. The summed E-state index contributed by atoms with van der Waals surface area (Å²) in [5.74, 6) is -2.12. The molecule has 0 saturated carbocycles. The zero-order valence-corrected chi connectivity index (χ0v) is 12.2. The molecule has 0 radical (unpaired) electrons. The van der Waals surface area contributed by atoms with Gasteiger partial charge in [0, 0.05) is 5.56 Å². The van der Waals surface area contributed by atoms with E-state index in [1.165, 1.54) is 19.2 Å². The molecule has 1 aromatic rings. The molecule has 0 amide bonds. The Hall–Kier alpha value is -1.95. The number of hydrogen-bond acceptors (Lipinski definition) is 4. The minimum atomic E-state index is -1.08. The second-order valence-corrected chi connectivity index (χ2v) is 4.67. The van der Waals surface area contributed by atoms with Crippen LogP contribution >= 0.6 is 0 Å². The second-order valence-electron chi connectivity index (χ2n) is 4.67. The van der Waals surface area contributed by atoms with Gasteiger partial charge in [0.1, 0.15) is 0 Å². The first kappa shape index (κ1) is 17.1. The summed E-state index contributed by atoms with van der Waals surface area (Å²) in [6.07, 6.45) is 1.43. The molecule has 0 aromatic heterocycles. The van der Waals surface area contributed by atoms with E-state index in [1.807, 2.05) is 6.92 Å². The monoisotopic (exact) mass is 297 g/mol. The minimum absolute atomic E-state index is 0.0419. The van der Waals surface area contributed by atoms with Gasteiger partial charge in [-0.1, -0.05) is 13.3 Å². The summed E-state index contributed by atoms with van der Waals surface area (Å²) in [5, 5.41) is 11.8. The van der Waals surface area contributed by atoms with Gasteiger partial charge in [-0.2, -0.15) is 0 Å². The standard InChI is InChI=1S/C15H20FNO4/c1-3-4-7-17-12(9-14(18)19)15(20)10-5-6-13(21-2)11(16)8-10/h5-6,8,12,17H,3-4,7,9H2,1-2H3,(H,18,19). The maximum absolute atomic E-state index is 13.6. The van der Waals surface area contributed by atoms with E-state index in [-0.39, 0.29) is 17.7 Å². The molecule has 0 aliphatic carbocycles. The lowest BCUT2D eigenvalue weighted by Crippen LogP contribution is -2.39. The van der Waals surface area contributed by atoms with Gasteiger partial charge in [0.15, 0.2) is 17.3 Å². The van der Waals surface area contributed by atoms with Crippen molar-refractivity contribution < 1.29 is 23.8 Å². The predicted octanol–water partition coefficient (Wildman–Crippen LogP) is 2.25. The van der Waals surface area contributed by atoms with Crippen molar-refractivity contribution in [2.75, 3.05) is 13.7 Å². The number of carboxylic acids is 1. The Labute approximate surface area is 123 Å². The molecule has 6 heteroatoms. The largest absolute Gasteiger partial charge is 0.494 e. The number of methoxy groups -OCH3 is 1. The van der Waals surface area contributed by atoms with Gasteiger partial charge in [-0.3, -0.25) is 9.59 Å². The van der Waals surface area contributed by atoms with Gasteiger partial charge in [0.25, 0.3) is 0 Å². The molecule has 1 unspecified atom stereocenters. The molecule has 5 nitrogen and oxygen atoms in total. The number of unbranched alkanes of at least 4 members (excludes halogenated alkanes) is 1. The predicted molar refractivity (Wildman–Crippen MR) is 76.2 cm³/mol. The quantitative estimate of drug-likeness (QED) is 0.540. The molecule has 0 heterocycles. The van der Waals surface area contributed by atoms with Crippen molar-refractivity contribution in [3.05, 3.63) is 29.6 Å². The van der Waals surface area contributed by atoms with Crippen LogP contribution in [0.25, 0.3) is 0 Å². The first-order chi connectivity index (χ1) is 9.99. The third kappa shape index (κ3) is 5.15. The molecule has 0 bridgehead atoms. The number of hydrogen-bond donors (Lipinski definition) is 2. The first-order valence-electron chi connectivity index (χ1n) is 6.82. The maximum atomic E-state index is 13.6. The van der Waals surface area contributed by atoms with Crippen LogP contribution in [0.4, 0.5) is 4.39 Å². The van der Waals surface area contributed by atoms with Crippen molar-refractivity contribution in [1.82, 2.24) is 5.32 Å². The van der Waals surface area contributed by atoms with Crippen molar-refractivity contribution in [3.8, 4) is 5.75 Å². The van der Waals surface area contributed by atoms with Crippen LogP contribution in [-0.4, -0.2) is 36.6 Å². The number of carbonyl (C=O) groups is 2. The number of ketones is 1. The Morgan fingerprint density at radius 1 is 1.43 bits per heavy atom. The zero-order chi connectivity index (χ0) is 15.8. The SMILES string of the molecule is CCCCNC(CC(=O)O)C(=O)c1ccc(OC)c(F)c1. The van der Waals surface area contributed by atoms with Crippen LogP contribution in [0.3, 0.4) is 0 Å². The van der Waals surface area contributed by atoms with Gasteiger partial charge in [0.05, 0.1) is 19.6 Å². The lowest BCUT2D eigenvalue weighted by Gasteiger charge is -2.16. The molecule has 1 rings (SSSR count). The number of carboxylic acid groups (broad SMARTS) is 1. The van der Waals surface area contributed by atoms with Crippen molar-refractivity contribution >= 4 is 11.8 Å². The van der Waals surface area contributed by atoms with Crippen molar-refractivity contribution in [3.63, 3.8) is 0 Å². The smallest absolute Gasteiger partial charge is 0.305 e. The van der Waals surface area contributed by atoms with Gasteiger partial charge in [0.2, 0.25) is 0 Å². The number of aliphatic carboxylic acids is 1. The fraction of sp³-hybridized carbons (Fsp3) is 0.467. The Morgan fingerprint density at radius 2 is 2.14 bits per heavy atom. The van der Waals surface area contributed by atoms with Gasteiger partial charge < -0.3 is 15.2 Å². The normalized spacial score (nSPS) is 12.0. The molecule has 1 atom stereocenters. The van der Waals surface area contributed by atoms with Crippen LogP contribution < -0.4 is 10.1 Å². The minimum Gasteiger partial charge on any atom is -0.494 e. The number of halogens is 1. The number of rotatable bonds is 9. The van der Waals surface area contributed by atoms with Crippen LogP contribution in [0, 0.1) is 5.82 Å². The number of nitrogens with one attached hydrogen (secondary N) is 1. The first-order valence-corrected chi connectivity index (χ1v) is 6.82. The summed E-state index contributed by atoms with van der Waals surface area (Å²) >= 11 is 0. The van der Waals surface area contributed by atoms with Gasteiger partial charge in [-0.15, -0.1) is 0 Å². The lowest BCUT2D eigenvalue weighted by molar-refractivity contribution is -0.137. The highest BCUT2D eigenvalue weighted by Gasteiger charge is 2.23. The fourth-order valence-electron chi connectivity index (χ4n) is 1.91. The zero-order valence-electron chi connectivity index (χ0n) is 12.2. The Bertz CT molecular complexity index is 504.